The van der Waals surface area contributed by atoms with Gasteiger partial charge in [0.15, 0.2) is 0 Å². The Labute approximate surface area is 83.7 Å². The van der Waals surface area contributed by atoms with E-state index in [1.807, 2.05) is 19.2 Å². The van der Waals surface area contributed by atoms with Crippen molar-refractivity contribution in [2.75, 3.05) is 31.3 Å². The lowest BCUT2D eigenvalue weighted by molar-refractivity contribution is 0.234. The second kappa shape index (κ2) is 5.34. The lowest BCUT2D eigenvalue weighted by atomic mass is 10.2. The van der Waals surface area contributed by atoms with Gasteiger partial charge in [0, 0.05) is 31.8 Å². The minimum absolute atomic E-state index is 0.136. The molecule has 0 saturated carbocycles. The van der Waals surface area contributed by atoms with Crippen LogP contribution in [0, 0.1) is 0 Å². The summed E-state index contributed by atoms with van der Waals surface area (Å²) < 4.78 is 5.45. The lowest BCUT2D eigenvalue weighted by Gasteiger charge is -2.11. The molecule has 0 radical (unpaired) electrons. The van der Waals surface area contributed by atoms with E-state index in [1.54, 1.807) is 6.07 Å². The lowest BCUT2D eigenvalue weighted by Crippen LogP contribution is -2.02. The summed E-state index contributed by atoms with van der Waals surface area (Å²) in [6.45, 7) is 0.631. The molecule has 0 aliphatic heterocycles. The van der Waals surface area contributed by atoms with E-state index in [0.29, 0.717) is 18.7 Å². The number of nitrogens with one attached hydrogen (secondary N) is 1. The Bertz CT molecular complexity index is 289. The molecule has 0 fully saturated rings. The fourth-order valence-electron chi connectivity index (χ4n) is 1.11. The first-order valence-corrected chi connectivity index (χ1v) is 4.59. The van der Waals surface area contributed by atoms with Crippen LogP contribution in [-0.4, -0.2) is 25.4 Å². The maximum atomic E-state index is 8.61. The van der Waals surface area contributed by atoms with E-state index in [2.05, 4.69) is 5.32 Å². The van der Waals surface area contributed by atoms with Gasteiger partial charge in [-0.2, -0.15) is 0 Å². The third-order valence-corrected chi connectivity index (χ3v) is 1.84. The quantitative estimate of drug-likeness (QED) is 0.487. The minimum Gasteiger partial charge on any atom is -0.491 e. The molecule has 0 aliphatic rings. The number of ether oxygens (including phenoxy) is 1. The highest BCUT2D eigenvalue weighted by Gasteiger charge is 2.01. The molecule has 0 saturated heterocycles. The van der Waals surface area contributed by atoms with E-state index in [1.165, 1.54) is 0 Å². The van der Waals surface area contributed by atoms with Crippen LogP contribution >= 0.6 is 0 Å². The van der Waals surface area contributed by atoms with E-state index < -0.39 is 0 Å². The smallest absolute Gasteiger partial charge is 0.144 e. The molecule has 0 aromatic heterocycles. The van der Waals surface area contributed by atoms with Crippen LogP contribution in [0.15, 0.2) is 18.2 Å². The van der Waals surface area contributed by atoms with Crippen LogP contribution in [0.1, 0.15) is 6.42 Å². The number of nitrogen functional groups attached to an aromatic ring is 1. The van der Waals surface area contributed by atoms with E-state index in [4.69, 9.17) is 15.6 Å². The molecular formula is C10H16N2O2. The van der Waals surface area contributed by atoms with Crippen molar-refractivity contribution in [3.63, 3.8) is 0 Å². The van der Waals surface area contributed by atoms with Gasteiger partial charge in [0.25, 0.3) is 0 Å². The number of anilines is 2. The zero-order valence-electron chi connectivity index (χ0n) is 8.29. The first-order chi connectivity index (χ1) is 6.77. The average molecular weight is 196 g/mol. The SMILES string of the molecule is CNc1ccc(N)cc1OCCCO. The highest BCUT2D eigenvalue weighted by atomic mass is 16.5. The van der Waals surface area contributed by atoms with Crippen LogP contribution in [0.4, 0.5) is 11.4 Å². The van der Waals surface area contributed by atoms with Crippen molar-refractivity contribution in [3.05, 3.63) is 18.2 Å². The maximum absolute atomic E-state index is 8.61. The summed E-state index contributed by atoms with van der Waals surface area (Å²) in [5.74, 6) is 0.723. The van der Waals surface area contributed by atoms with Gasteiger partial charge in [-0.15, -0.1) is 0 Å². The summed E-state index contributed by atoms with van der Waals surface area (Å²) in [5.41, 5.74) is 7.20. The van der Waals surface area contributed by atoms with Crippen LogP contribution in [0.3, 0.4) is 0 Å². The standard InChI is InChI=1S/C10H16N2O2/c1-12-9-4-3-8(11)7-10(9)14-6-2-5-13/h3-4,7,12-13H,2,5-6,11H2,1H3. The number of hydrogen-bond acceptors (Lipinski definition) is 4. The molecule has 1 aromatic carbocycles. The molecule has 0 aliphatic carbocycles. The Kier molecular flexibility index (Phi) is 4.07. The second-order valence-electron chi connectivity index (χ2n) is 2.93. The Morgan fingerprint density at radius 2 is 2.29 bits per heavy atom. The second-order valence-corrected chi connectivity index (χ2v) is 2.93. The van der Waals surface area contributed by atoms with Crippen LogP contribution in [0.5, 0.6) is 5.75 Å². The molecule has 0 amide bonds. The van der Waals surface area contributed by atoms with Gasteiger partial charge < -0.3 is 20.9 Å². The van der Waals surface area contributed by atoms with Crippen molar-refractivity contribution in [1.82, 2.24) is 0 Å². The first-order valence-electron chi connectivity index (χ1n) is 4.59. The maximum Gasteiger partial charge on any atom is 0.144 e. The third-order valence-electron chi connectivity index (χ3n) is 1.84. The Hall–Kier alpha value is -1.42. The Morgan fingerprint density at radius 3 is 2.93 bits per heavy atom. The number of aliphatic hydroxyl groups is 1. The summed E-state index contributed by atoms with van der Waals surface area (Å²) in [6, 6.07) is 5.44. The van der Waals surface area contributed by atoms with Crippen LogP contribution < -0.4 is 15.8 Å². The molecule has 4 heteroatoms. The number of hydrogen-bond donors (Lipinski definition) is 3. The van der Waals surface area contributed by atoms with Gasteiger partial charge in [-0.1, -0.05) is 0 Å². The van der Waals surface area contributed by atoms with Crippen LogP contribution in [-0.2, 0) is 0 Å². The number of aliphatic hydroxyl groups excluding tert-OH is 1. The summed E-state index contributed by atoms with van der Waals surface area (Å²) in [7, 11) is 1.82. The fraction of sp³-hybridized carbons (Fsp3) is 0.400. The molecule has 0 bridgehead atoms. The van der Waals surface area contributed by atoms with Gasteiger partial charge in [0.05, 0.1) is 12.3 Å². The van der Waals surface area contributed by atoms with E-state index in [9.17, 15) is 0 Å². The predicted octanol–water partition coefficient (Wildman–Crippen LogP) is 1.07. The van der Waals surface area contributed by atoms with Gasteiger partial charge in [-0.3, -0.25) is 0 Å². The van der Waals surface area contributed by atoms with Crippen molar-refractivity contribution in [3.8, 4) is 5.75 Å². The minimum atomic E-state index is 0.136. The average Bonchev–Trinajstić information content (AvgIpc) is 2.19. The van der Waals surface area contributed by atoms with Crippen LogP contribution in [0.25, 0.3) is 0 Å². The van der Waals surface area contributed by atoms with E-state index in [0.717, 1.165) is 11.4 Å². The molecule has 1 aromatic rings. The molecule has 78 valence electrons. The van der Waals surface area contributed by atoms with Gasteiger partial charge in [-0.25, -0.2) is 0 Å². The molecule has 1 rings (SSSR count). The summed E-state index contributed by atoms with van der Waals surface area (Å²) in [6.07, 6.45) is 0.623. The molecule has 0 spiro atoms. The van der Waals surface area contributed by atoms with E-state index in [-0.39, 0.29) is 6.61 Å². The number of rotatable bonds is 5. The third kappa shape index (κ3) is 2.81. The molecule has 14 heavy (non-hydrogen) atoms. The normalized spacial score (nSPS) is 9.86. The number of nitrogens with two attached hydrogens (primary N) is 1. The van der Waals surface area contributed by atoms with Crippen molar-refractivity contribution in [2.45, 2.75) is 6.42 Å². The monoisotopic (exact) mass is 196 g/mol. The molecule has 0 unspecified atom stereocenters. The van der Waals surface area contributed by atoms with Gasteiger partial charge >= 0.3 is 0 Å². The molecule has 0 atom stereocenters. The molecule has 0 heterocycles. The highest BCUT2D eigenvalue weighted by molar-refractivity contribution is 5.62. The fourth-order valence-corrected chi connectivity index (χ4v) is 1.11. The summed E-state index contributed by atoms with van der Waals surface area (Å²) in [4.78, 5) is 0. The molecule has 4 N–H and O–H groups in total. The molecule has 4 nitrogen and oxygen atoms in total. The largest absolute Gasteiger partial charge is 0.491 e. The van der Waals surface area contributed by atoms with Crippen molar-refractivity contribution >= 4 is 11.4 Å². The van der Waals surface area contributed by atoms with E-state index >= 15 is 0 Å². The predicted molar refractivity (Wildman–Crippen MR) is 57.6 cm³/mol. The van der Waals surface area contributed by atoms with Gasteiger partial charge in [-0.05, 0) is 12.1 Å². The summed E-state index contributed by atoms with van der Waals surface area (Å²) in [5, 5.41) is 11.6. The van der Waals surface area contributed by atoms with Crippen molar-refractivity contribution in [1.29, 1.82) is 0 Å². The molecular weight excluding hydrogens is 180 g/mol. The zero-order valence-corrected chi connectivity index (χ0v) is 8.29. The van der Waals surface area contributed by atoms with Crippen LogP contribution in [0.2, 0.25) is 0 Å². The number of benzene rings is 1. The Balaban J connectivity index is 2.67. The zero-order chi connectivity index (χ0) is 10.4. The van der Waals surface area contributed by atoms with Gasteiger partial charge in [0.2, 0.25) is 0 Å². The highest BCUT2D eigenvalue weighted by Crippen LogP contribution is 2.26. The first kappa shape index (κ1) is 10.7. The van der Waals surface area contributed by atoms with Crippen molar-refractivity contribution < 1.29 is 9.84 Å². The van der Waals surface area contributed by atoms with Gasteiger partial charge in [0.1, 0.15) is 5.75 Å². The Morgan fingerprint density at radius 1 is 1.50 bits per heavy atom. The topological polar surface area (TPSA) is 67.5 Å². The summed E-state index contributed by atoms with van der Waals surface area (Å²) >= 11 is 0. The van der Waals surface area contributed by atoms with Crippen molar-refractivity contribution in [2.24, 2.45) is 0 Å².